The lowest BCUT2D eigenvalue weighted by Gasteiger charge is -2.23. The molecule has 1 aliphatic rings. The first kappa shape index (κ1) is 18.8. The number of halogens is 2. The number of amides is 1. The summed E-state index contributed by atoms with van der Waals surface area (Å²) in [5.74, 6) is -0.195. The third-order valence-corrected chi connectivity index (χ3v) is 5.50. The lowest BCUT2D eigenvalue weighted by Crippen LogP contribution is -2.30. The lowest BCUT2D eigenvalue weighted by atomic mass is 9.97. The van der Waals surface area contributed by atoms with Crippen molar-refractivity contribution in [2.24, 2.45) is 11.0 Å². The Labute approximate surface area is 173 Å². The molecule has 0 fully saturated rings. The molecule has 1 aromatic heterocycles. The van der Waals surface area contributed by atoms with Gasteiger partial charge in [0.25, 0.3) is 0 Å². The molecule has 2 heterocycles. The van der Waals surface area contributed by atoms with Gasteiger partial charge in [-0.2, -0.15) is 5.10 Å². The normalized spacial score (nSPS) is 16.7. The molecule has 0 radical (unpaired) electrons. The fourth-order valence-corrected chi connectivity index (χ4v) is 3.57. The predicted molar refractivity (Wildman–Crippen MR) is 112 cm³/mol. The second-order valence-corrected chi connectivity index (χ2v) is 7.85. The molecule has 1 atom stereocenters. The van der Waals surface area contributed by atoms with Crippen LogP contribution in [0.2, 0.25) is 10.0 Å². The van der Waals surface area contributed by atoms with Gasteiger partial charge < -0.3 is 0 Å². The maximum Gasteiger partial charge on any atom is 0.245 e. The van der Waals surface area contributed by atoms with Gasteiger partial charge in [0.05, 0.1) is 32.8 Å². The van der Waals surface area contributed by atoms with Gasteiger partial charge in [-0.05, 0) is 35.4 Å². The van der Waals surface area contributed by atoms with E-state index in [1.54, 1.807) is 29.5 Å². The number of carbonyl (C=O) groups excluding carboxylic acids is 1. The van der Waals surface area contributed by atoms with Crippen LogP contribution in [0.25, 0.3) is 11.0 Å². The predicted octanol–water partition coefficient (Wildman–Crippen LogP) is 5.27. The van der Waals surface area contributed by atoms with E-state index >= 15 is 0 Å². The van der Waals surface area contributed by atoms with Crippen LogP contribution in [0.5, 0.6) is 0 Å². The van der Waals surface area contributed by atoms with Crippen molar-refractivity contribution in [2.75, 3.05) is 0 Å². The highest BCUT2D eigenvalue weighted by molar-refractivity contribution is 6.42. The third kappa shape index (κ3) is 3.48. The molecule has 142 valence electrons. The van der Waals surface area contributed by atoms with Crippen LogP contribution < -0.4 is 0 Å². The van der Waals surface area contributed by atoms with E-state index in [-0.39, 0.29) is 17.9 Å². The molecule has 4 rings (SSSR count). The molecule has 1 amide bonds. The van der Waals surface area contributed by atoms with Gasteiger partial charge in [-0.25, -0.2) is 5.01 Å². The van der Waals surface area contributed by atoms with Crippen LogP contribution in [0.15, 0.2) is 53.9 Å². The molecule has 0 bridgehead atoms. The van der Waals surface area contributed by atoms with E-state index in [9.17, 15) is 4.79 Å². The fourth-order valence-electron chi connectivity index (χ4n) is 3.28. The van der Waals surface area contributed by atoms with Gasteiger partial charge in [0.15, 0.2) is 0 Å². The highest BCUT2D eigenvalue weighted by Crippen LogP contribution is 2.35. The molecular formula is C21H18Cl2N4O. The van der Waals surface area contributed by atoms with E-state index in [0.717, 1.165) is 27.9 Å². The molecule has 0 aliphatic carbocycles. The summed E-state index contributed by atoms with van der Waals surface area (Å²) in [5, 5.41) is 7.19. The van der Waals surface area contributed by atoms with E-state index in [1.165, 1.54) is 0 Å². The van der Waals surface area contributed by atoms with Crippen molar-refractivity contribution in [3.05, 3.63) is 70.0 Å². The number of hydrogen-bond acceptors (Lipinski definition) is 4. The van der Waals surface area contributed by atoms with E-state index < -0.39 is 0 Å². The average molecular weight is 413 g/mol. The number of nitrogens with zero attached hydrogens (tertiary/aromatic N) is 4. The third-order valence-electron chi connectivity index (χ3n) is 4.76. The topological polar surface area (TPSA) is 58.5 Å². The van der Waals surface area contributed by atoms with Crippen LogP contribution in [-0.2, 0) is 4.79 Å². The zero-order valence-electron chi connectivity index (χ0n) is 15.4. The number of hydrogen-bond donors (Lipinski definition) is 0. The van der Waals surface area contributed by atoms with Gasteiger partial charge in [0, 0.05) is 24.7 Å². The molecule has 0 N–H and O–H groups in total. The van der Waals surface area contributed by atoms with Crippen molar-refractivity contribution in [1.82, 2.24) is 15.0 Å². The van der Waals surface area contributed by atoms with Gasteiger partial charge in [0.2, 0.25) is 5.91 Å². The van der Waals surface area contributed by atoms with Crippen LogP contribution in [0, 0.1) is 5.92 Å². The maximum atomic E-state index is 12.8. The van der Waals surface area contributed by atoms with Crippen molar-refractivity contribution in [3.63, 3.8) is 0 Å². The molecule has 7 heteroatoms. The van der Waals surface area contributed by atoms with Gasteiger partial charge in [-0.1, -0.05) is 49.2 Å². The molecule has 0 saturated heterocycles. The SMILES string of the molecule is CC(C)C(=O)N1N=C(c2ccc(Cl)c(Cl)c2)C[C@@H]1c1ccc2nccnc2c1. The Bertz CT molecular complexity index is 1100. The quantitative estimate of drug-likeness (QED) is 0.588. The standard InChI is InChI=1S/C21H18Cl2N4O/c1-12(2)21(28)27-20(14-4-6-17-19(10-14)25-8-7-24-17)11-18(26-27)13-3-5-15(22)16(23)9-13/h3-10,12,20H,11H2,1-2H3/t20-/m1/s1. The van der Waals surface area contributed by atoms with Gasteiger partial charge >= 0.3 is 0 Å². The van der Waals surface area contributed by atoms with Crippen LogP contribution in [0.1, 0.15) is 37.4 Å². The van der Waals surface area contributed by atoms with E-state index in [4.69, 9.17) is 23.2 Å². The van der Waals surface area contributed by atoms with E-state index in [2.05, 4.69) is 15.1 Å². The molecule has 0 unspecified atom stereocenters. The zero-order chi connectivity index (χ0) is 19.8. The highest BCUT2D eigenvalue weighted by atomic mass is 35.5. The van der Waals surface area contributed by atoms with Gasteiger partial charge in [-0.15, -0.1) is 0 Å². The first-order valence-corrected chi connectivity index (χ1v) is 9.76. The Hall–Kier alpha value is -2.50. The molecule has 0 saturated carbocycles. The monoisotopic (exact) mass is 412 g/mol. The minimum atomic E-state index is -0.203. The van der Waals surface area contributed by atoms with Gasteiger partial charge in [0.1, 0.15) is 0 Å². The highest BCUT2D eigenvalue weighted by Gasteiger charge is 2.34. The minimum Gasteiger partial charge on any atom is -0.273 e. The molecular weight excluding hydrogens is 395 g/mol. The largest absolute Gasteiger partial charge is 0.273 e. The Morgan fingerprint density at radius 1 is 1.04 bits per heavy atom. The Kier molecular flexibility index (Phi) is 5.04. The minimum absolute atomic E-state index is 0.0284. The summed E-state index contributed by atoms with van der Waals surface area (Å²) in [6, 6.07) is 11.1. The summed E-state index contributed by atoms with van der Waals surface area (Å²) in [4.78, 5) is 21.5. The second kappa shape index (κ2) is 7.49. The summed E-state index contributed by atoms with van der Waals surface area (Å²) in [6.45, 7) is 3.75. The van der Waals surface area contributed by atoms with Crippen LogP contribution in [0.4, 0.5) is 0 Å². The Balaban J connectivity index is 1.75. The fraction of sp³-hybridized carbons (Fsp3) is 0.238. The van der Waals surface area contributed by atoms with Crippen molar-refractivity contribution in [1.29, 1.82) is 0 Å². The Morgan fingerprint density at radius 2 is 1.79 bits per heavy atom. The number of benzene rings is 2. The summed E-state index contributed by atoms with van der Waals surface area (Å²) < 4.78 is 0. The number of fused-ring (bicyclic) bond motifs is 1. The molecule has 2 aromatic carbocycles. The summed E-state index contributed by atoms with van der Waals surface area (Å²) in [5.41, 5.74) is 4.24. The number of aromatic nitrogens is 2. The molecule has 1 aliphatic heterocycles. The molecule has 0 spiro atoms. The van der Waals surface area contributed by atoms with Crippen LogP contribution in [-0.4, -0.2) is 26.6 Å². The van der Waals surface area contributed by atoms with Crippen molar-refractivity contribution in [2.45, 2.75) is 26.3 Å². The summed E-state index contributed by atoms with van der Waals surface area (Å²) >= 11 is 12.2. The smallest absolute Gasteiger partial charge is 0.245 e. The zero-order valence-corrected chi connectivity index (χ0v) is 16.9. The molecule has 3 aromatic rings. The van der Waals surface area contributed by atoms with Gasteiger partial charge in [-0.3, -0.25) is 14.8 Å². The van der Waals surface area contributed by atoms with Crippen molar-refractivity contribution < 1.29 is 4.79 Å². The first-order valence-electron chi connectivity index (χ1n) is 9.00. The second-order valence-electron chi connectivity index (χ2n) is 7.04. The number of carbonyl (C=O) groups is 1. The van der Waals surface area contributed by atoms with Crippen LogP contribution in [0.3, 0.4) is 0 Å². The van der Waals surface area contributed by atoms with E-state index in [0.29, 0.717) is 16.5 Å². The summed E-state index contributed by atoms with van der Waals surface area (Å²) in [6.07, 6.45) is 3.91. The lowest BCUT2D eigenvalue weighted by molar-refractivity contribution is -0.136. The van der Waals surface area contributed by atoms with Crippen molar-refractivity contribution in [3.8, 4) is 0 Å². The van der Waals surface area contributed by atoms with Crippen LogP contribution >= 0.6 is 23.2 Å². The average Bonchev–Trinajstić information content (AvgIpc) is 3.14. The molecule has 5 nitrogen and oxygen atoms in total. The van der Waals surface area contributed by atoms with E-state index in [1.807, 2.05) is 38.1 Å². The van der Waals surface area contributed by atoms with Crippen molar-refractivity contribution >= 4 is 45.9 Å². The maximum absolute atomic E-state index is 12.8. The first-order chi connectivity index (χ1) is 13.4. The Morgan fingerprint density at radius 3 is 2.50 bits per heavy atom. The number of hydrazone groups is 1. The number of rotatable bonds is 3. The molecule has 28 heavy (non-hydrogen) atoms. The summed E-state index contributed by atoms with van der Waals surface area (Å²) in [7, 11) is 0.